The normalized spacial score (nSPS) is 10.9. The molecule has 0 unspecified atom stereocenters. The van der Waals surface area contributed by atoms with Crippen molar-refractivity contribution in [3.63, 3.8) is 0 Å². The first kappa shape index (κ1) is 12.9. The summed E-state index contributed by atoms with van der Waals surface area (Å²) >= 11 is 0. The number of benzene rings is 3. The lowest BCUT2D eigenvalue weighted by Gasteiger charge is -2.11. The van der Waals surface area contributed by atoms with E-state index < -0.39 is 0 Å². The van der Waals surface area contributed by atoms with Crippen molar-refractivity contribution in [1.82, 2.24) is 0 Å². The van der Waals surface area contributed by atoms with Gasteiger partial charge in [0.25, 0.3) is 0 Å². The fraction of sp³-hybridized carbons (Fsp3) is 0.200. The van der Waals surface area contributed by atoms with Crippen LogP contribution in [0.5, 0.6) is 0 Å². The summed E-state index contributed by atoms with van der Waals surface area (Å²) in [6.45, 7) is 4.45. The summed E-state index contributed by atoms with van der Waals surface area (Å²) in [7, 11) is 0. The van der Waals surface area contributed by atoms with Crippen molar-refractivity contribution in [2.75, 3.05) is 0 Å². The van der Waals surface area contributed by atoms with Crippen molar-refractivity contribution in [2.45, 2.75) is 26.7 Å². The zero-order valence-corrected chi connectivity index (χ0v) is 12.2. The van der Waals surface area contributed by atoms with E-state index >= 15 is 0 Å². The number of hydrogen-bond acceptors (Lipinski definition) is 0. The molecule has 0 bridgehead atoms. The van der Waals surface area contributed by atoms with E-state index in [1.807, 2.05) is 0 Å². The molecule has 3 aromatic carbocycles. The third-order valence-corrected chi connectivity index (χ3v) is 3.97. The summed E-state index contributed by atoms with van der Waals surface area (Å²) in [5.41, 5.74) is 5.53. The molecule has 0 radical (unpaired) electrons. The molecule has 0 aliphatic heterocycles. The van der Waals surface area contributed by atoms with Crippen molar-refractivity contribution in [3.8, 4) is 11.1 Å². The van der Waals surface area contributed by atoms with Crippen LogP contribution >= 0.6 is 0 Å². The van der Waals surface area contributed by atoms with Gasteiger partial charge in [0.2, 0.25) is 0 Å². The van der Waals surface area contributed by atoms with Crippen molar-refractivity contribution in [2.24, 2.45) is 0 Å². The summed E-state index contributed by atoms with van der Waals surface area (Å²) in [5.74, 6) is 0. The predicted molar refractivity (Wildman–Crippen MR) is 88.1 cm³/mol. The highest BCUT2D eigenvalue weighted by Crippen LogP contribution is 2.30. The molecule has 0 aliphatic rings. The molecular weight excluding hydrogens is 240 g/mol. The molecule has 0 spiro atoms. The lowest BCUT2D eigenvalue weighted by Crippen LogP contribution is -1.89. The van der Waals surface area contributed by atoms with E-state index in [0.717, 1.165) is 12.8 Å². The minimum atomic E-state index is 1.09. The summed E-state index contributed by atoms with van der Waals surface area (Å²) in [4.78, 5) is 0. The quantitative estimate of drug-likeness (QED) is 0.572. The van der Waals surface area contributed by atoms with Gasteiger partial charge in [-0.1, -0.05) is 74.5 Å². The van der Waals surface area contributed by atoms with E-state index in [4.69, 9.17) is 0 Å². The van der Waals surface area contributed by atoms with Crippen LogP contribution in [0.1, 0.15) is 25.0 Å². The SMILES string of the molecule is CCc1cc(CC)cc(-c2cccc3ccccc23)c1. The second-order valence-electron chi connectivity index (χ2n) is 5.27. The standard InChI is InChI=1S/C20H20/c1-3-15-12-16(4-2)14-18(13-15)20-11-7-9-17-8-5-6-10-19(17)20/h5-14H,3-4H2,1-2H3. The predicted octanol–water partition coefficient (Wildman–Crippen LogP) is 5.63. The highest BCUT2D eigenvalue weighted by molar-refractivity contribution is 5.96. The second kappa shape index (κ2) is 5.50. The molecule has 0 saturated carbocycles. The molecule has 0 fully saturated rings. The third kappa shape index (κ3) is 2.34. The Labute approximate surface area is 121 Å². The van der Waals surface area contributed by atoms with Crippen LogP contribution in [0.15, 0.2) is 60.7 Å². The first-order valence-electron chi connectivity index (χ1n) is 7.42. The van der Waals surface area contributed by atoms with Gasteiger partial charge in [0.15, 0.2) is 0 Å². The van der Waals surface area contributed by atoms with Crippen molar-refractivity contribution < 1.29 is 0 Å². The monoisotopic (exact) mass is 260 g/mol. The van der Waals surface area contributed by atoms with Crippen LogP contribution in [0.3, 0.4) is 0 Å². The van der Waals surface area contributed by atoms with Crippen molar-refractivity contribution in [3.05, 3.63) is 71.8 Å². The largest absolute Gasteiger partial charge is 0.0616 e. The average molecular weight is 260 g/mol. The van der Waals surface area contributed by atoms with Crippen LogP contribution in [0.2, 0.25) is 0 Å². The Bertz CT molecular complexity index is 710. The van der Waals surface area contributed by atoms with E-state index in [2.05, 4.69) is 74.5 Å². The Morgan fingerprint density at radius 3 is 2.05 bits per heavy atom. The third-order valence-electron chi connectivity index (χ3n) is 3.97. The molecule has 0 nitrogen and oxygen atoms in total. The van der Waals surface area contributed by atoms with Crippen LogP contribution in [-0.4, -0.2) is 0 Å². The van der Waals surface area contributed by atoms with Crippen LogP contribution in [-0.2, 0) is 12.8 Å². The zero-order valence-electron chi connectivity index (χ0n) is 12.2. The van der Waals surface area contributed by atoms with Gasteiger partial charge in [0, 0.05) is 0 Å². The van der Waals surface area contributed by atoms with Gasteiger partial charge in [-0.15, -0.1) is 0 Å². The number of fused-ring (bicyclic) bond motifs is 1. The number of hydrogen-bond donors (Lipinski definition) is 0. The van der Waals surface area contributed by atoms with E-state index in [1.165, 1.54) is 33.0 Å². The minimum absolute atomic E-state index is 1.09. The molecule has 0 aliphatic carbocycles. The minimum Gasteiger partial charge on any atom is -0.0616 e. The Morgan fingerprint density at radius 2 is 1.35 bits per heavy atom. The molecule has 0 aromatic heterocycles. The molecule has 3 rings (SSSR count). The van der Waals surface area contributed by atoms with Crippen molar-refractivity contribution >= 4 is 10.8 Å². The van der Waals surface area contributed by atoms with E-state index in [9.17, 15) is 0 Å². The van der Waals surface area contributed by atoms with Crippen LogP contribution in [0.4, 0.5) is 0 Å². The summed E-state index contributed by atoms with van der Waals surface area (Å²) in [5, 5.41) is 2.65. The maximum atomic E-state index is 2.33. The van der Waals surface area contributed by atoms with E-state index in [1.54, 1.807) is 0 Å². The van der Waals surface area contributed by atoms with E-state index in [0.29, 0.717) is 0 Å². The van der Waals surface area contributed by atoms with Gasteiger partial charge in [-0.2, -0.15) is 0 Å². The second-order valence-corrected chi connectivity index (χ2v) is 5.27. The molecule has 0 N–H and O–H groups in total. The molecule has 20 heavy (non-hydrogen) atoms. The molecule has 100 valence electrons. The lowest BCUT2D eigenvalue weighted by atomic mass is 9.94. The van der Waals surface area contributed by atoms with Gasteiger partial charge >= 0.3 is 0 Å². The van der Waals surface area contributed by atoms with Gasteiger partial charge in [-0.3, -0.25) is 0 Å². The Balaban J connectivity index is 2.25. The molecule has 0 heterocycles. The molecule has 0 heteroatoms. The highest BCUT2D eigenvalue weighted by Gasteiger charge is 2.05. The summed E-state index contributed by atoms with van der Waals surface area (Å²) in [6.07, 6.45) is 2.18. The highest BCUT2D eigenvalue weighted by atomic mass is 14.1. The first-order chi connectivity index (χ1) is 9.81. The number of aryl methyl sites for hydroxylation is 2. The van der Waals surface area contributed by atoms with E-state index in [-0.39, 0.29) is 0 Å². The lowest BCUT2D eigenvalue weighted by molar-refractivity contribution is 1.09. The topological polar surface area (TPSA) is 0 Å². The fourth-order valence-corrected chi connectivity index (χ4v) is 2.80. The Morgan fingerprint density at radius 1 is 0.700 bits per heavy atom. The first-order valence-corrected chi connectivity index (χ1v) is 7.42. The maximum absolute atomic E-state index is 2.33. The molecule has 3 aromatic rings. The molecule has 0 amide bonds. The van der Waals surface area contributed by atoms with Gasteiger partial charge in [-0.25, -0.2) is 0 Å². The Kier molecular flexibility index (Phi) is 3.56. The molecule has 0 saturated heterocycles. The van der Waals surface area contributed by atoms with Gasteiger partial charge in [0.05, 0.1) is 0 Å². The average Bonchev–Trinajstić information content (AvgIpc) is 2.53. The van der Waals surface area contributed by atoms with Gasteiger partial charge in [0.1, 0.15) is 0 Å². The molecule has 0 atom stereocenters. The van der Waals surface area contributed by atoms with Crippen LogP contribution < -0.4 is 0 Å². The summed E-state index contributed by atoms with van der Waals surface area (Å²) in [6, 6.07) is 22.2. The van der Waals surface area contributed by atoms with Crippen LogP contribution in [0, 0.1) is 0 Å². The summed E-state index contributed by atoms with van der Waals surface area (Å²) < 4.78 is 0. The zero-order chi connectivity index (χ0) is 13.9. The van der Waals surface area contributed by atoms with Crippen molar-refractivity contribution in [1.29, 1.82) is 0 Å². The van der Waals surface area contributed by atoms with Crippen LogP contribution in [0.25, 0.3) is 21.9 Å². The fourth-order valence-electron chi connectivity index (χ4n) is 2.80. The van der Waals surface area contributed by atoms with Gasteiger partial charge < -0.3 is 0 Å². The maximum Gasteiger partial charge on any atom is -0.0105 e. The Hall–Kier alpha value is -2.08. The smallest absolute Gasteiger partial charge is 0.0105 e. The number of rotatable bonds is 3. The molecular formula is C20H20. The van der Waals surface area contributed by atoms with Gasteiger partial charge in [-0.05, 0) is 45.9 Å².